The Balaban J connectivity index is 3.01. The van der Waals surface area contributed by atoms with Crippen molar-refractivity contribution >= 4 is 31.8 Å². The van der Waals surface area contributed by atoms with Crippen molar-refractivity contribution in [1.29, 1.82) is 0 Å². The molecule has 1 unspecified atom stereocenters. The van der Waals surface area contributed by atoms with Gasteiger partial charge in [0.05, 0.1) is 0 Å². The Hall–Kier alpha value is -0.760. The van der Waals surface area contributed by atoms with Gasteiger partial charge in [-0.1, -0.05) is 28.1 Å². The molecule has 1 atom stereocenters. The van der Waals surface area contributed by atoms with Gasteiger partial charge in [0.15, 0.2) is 0 Å². The van der Waals surface area contributed by atoms with Crippen LogP contribution in [-0.4, -0.2) is 29.3 Å². The zero-order valence-electron chi connectivity index (χ0n) is 7.29. The number of Topliss-reactive ketones (excluding diaryl/α,β-unsaturated/α-hetero) is 1. The number of aliphatic hydroxyl groups is 1. The fraction of sp³-hybridized carbons (Fsp3) is 0.125. The number of halogens is 1. The predicted molar refractivity (Wildman–Crippen MR) is 56.0 cm³/mol. The highest BCUT2D eigenvalue weighted by molar-refractivity contribution is 9.10. The van der Waals surface area contributed by atoms with Crippen LogP contribution in [0.2, 0.25) is 0 Å². The van der Waals surface area contributed by atoms with Crippen molar-refractivity contribution in [2.75, 3.05) is 0 Å². The number of ketones is 1. The van der Waals surface area contributed by atoms with Gasteiger partial charge in [0.2, 0.25) is 11.2 Å². The molecule has 0 heterocycles. The van der Waals surface area contributed by atoms with Gasteiger partial charge in [-0.2, -0.15) is 8.42 Å². The summed E-state index contributed by atoms with van der Waals surface area (Å²) < 4.78 is 30.2. The van der Waals surface area contributed by atoms with Gasteiger partial charge in [-0.3, -0.25) is 9.35 Å². The molecule has 0 saturated heterocycles. The summed E-state index contributed by atoms with van der Waals surface area (Å²) in [5, 5.41) is 8.98. The van der Waals surface area contributed by atoms with E-state index < -0.39 is 21.3 Å². The Labute approximate surface area is 94.6 Å². The molecule has 0 fully saturated rings. The fourth-order valence-corrected chi connectivity index (χ4v) is 1.56. The van der Waals surface area contributed by atoms with Gasteiger partial charge >= 0.3 is 0 Å². The lowest BCUT2D eigenvalue weighted by atomic mass is 10.1. The molecular weight excluding hydrogens is 288 g/mol. The number of benzene rings is 1. The van der Waals surface area contributed by atoms with Gasteiger partial charge < -0.3 is 5.11 Å². The van der Waals surface area contributed by atoms with Crippen molar-refractivity contribution in [2.45, 2.75) is 5.44 Å². The third-order valence-electron chi connectivity index (χ3n) is 1.64. The third-order valence-corrected chi connectivity index (χ3v) is 2.94. The van der Waals surface area contributed by atoms with Gasteiger partial charge in [0.25, 0.3) is 10.1 Å². The lowest BCUT2D eigenvalue weighted by Crippen LogP contribution is -2.29. The summed E-state index contributed by atoms with van der Waals surface area (Å²) in [5.74, 6) is -1.06. The van der Waals surface area contributed by atoms with Crippen molar-refractivity contribution in [3.05, 3.63) is 34.3 Å². The Morgan fingerprint density at radius 2 is 1.73 bits per heavy atom. The maximum absolute atomic E-state index is 11.3. The minimum atomic E-state index is -4.77. The molecule has 0 radical (unpaired) electrons. The quantitative estimate of drug-likeness (QED) is 0.637. The molecule has 82 valence electrons. The number of carbonyl (C=O) groups excluding carboxylic acids is 1. The van der Waals surface area contributed by atoms with Crippen LogP contribution in [0.1, 0.15) is 10.4 Å². The van der Waals surface area contributed by atoms with Crippen LogP contribution in [0.3, 0.4) is 0 Å². The SMILES string of the molecule is O=C(c1ccc(Br)cc1)C(O)S(=O)(=O)O. The molecule has 0 saturated carbocycles. The number of hydrogen-bond acceptors (Lipinski definition) is 4. The number of carbonyl (C=O) groups is 1. The third kappa shape index (κ3) is 3.10. The summed E-state index contributed by atoms with van der Waals surface area (Å²) in [6.45, 7) is 0. The Bertz CT molecular complexity index is 464. The van der Waals surface area contributed by atoms with E-state index in [1.165, 1.54) is 24.3 Å². The molecule has 2 N–H and O–H groups in total. The summed E-state index contributed by atoms with van der Waals surface area (Å²) in [5.41, 5.74) is -2.43. The molecule has 0 aliphatic rings. The summed E-state index contributed by atoms with van der Waals surface area (Å²) in [4.78, 5) is 11.3. The molecule has 0 aromatic heterocycles. The molecule has 7 heteroatoms. The second-order valence-corrected chi connectivity index (χ2v) is 5.13. The van der Waals surface area contributed by atoms with E-state index >= 15 is 0 Å². The van der Waals surface area contributed by atoms with E-state index in [9.17, 15) is 13.2 Å². The van der Waals surface area contributed by atoms with E-state index in [0.29, 0.717) is 4.47 Å². The zero-order chi connectivity index (χ0) is 11.6. The number of hydrogen-bond donors (Lipinski definition) is 2. The second kappa shape index (κ2) is 4.40. The first-order valence-electron chi connectivity index (χ1n) is 3.76. The molecule has 0 spiro atoms. The maximum atomic E-state index is 11.3. The topological polar surface area (TPSA) is 91.7 Å². The van der Waals surface area contributed by atoms with E-state index in [1.807, 2.05) is 0 Å². The fourth-order valence-electron chi connectivity index (χ4n) is 0.892. The first kappa shape index (κ1) is 12.3. The zero-order valence-corrected chi connectivity index (χ0v) is 9.69. The first-order chi connectivity index (χ1) is 6.82. The highest BCUT2D eigenvalue weighted by atomic mass is 79.9. The minimum absolute atomic E-state index is 0.00308. The molecule has 0 aliphatic carbocycles. The number of rotatable bonds is 3. The lowest BCUT2D eigenvalue weighted by Gasteiger charge is -2.05. The Kier molecular flexibility index (Phi) is 3.61. The van der Waals surface area contributed by atoms with Gasteiger partial charge in [0.1, 0.15) is 0 Å². The van der Waals surface area contributed by atoms with Crippen molar-refractivity contribution in [3.63, 3.8) is 0 Å². The van der Waals surface area contributed by atoms with E-state index in [4.69, 9.17) is 9.66 Å². The first-order valence-corrected chi connectivity index (χ1v) is 6.06. The molecule has 1 aromatic carbocycles. The molecule has 1 aromatic rings. The van der Waals surface area contributed by atoms with E-state index in [0.717, 1.165) is 0 Å². The van der Waals surface area contributed by atoms with Crippen molar-refractivity contribution < 1.29 is 22.9 Å². The standard InChI is InChI=1S/C8H7BrO5S/c9-6-3-1-5(2-4-6)7(10)8(11)15(12,13)14/h1-4,8,11H,(H,12,13,14). The molecule has 1 rings (SSSR count). The number of aliphatic hydroxyl groups excluding tert-OH is 1. The van der Waals surface area contributed by atoms with Crippen molar-refractivity contribution in [3.8, 4) is 0 Å². The highest BCUT2D eigenvalue weighted by Gasteiger charge is 2.28. The van der Waals surface area contributed by atoms with Crippen LogP contribution in [0.5, 0.6) is 0 Å². The van der Waals surface area contributed by atoms with Crippen LogP contribution in [0.15, 0.2) is 28.7 Å². The van der Waals surface area contributed by atoms with E-state index in [-0.39, 0.29) is 5.56 Å². The Morgan fingerprint density at radius 1 is 1.27 bits per heavy atom. The van der Waals surface area contributed by atoms with Crippen LogP contribution in [0.25, 0.3) is 0 Å². The maximum Gasteiger partial charge on any atom is 0.299 e. The predicted octanol–water partition coefficient (Wildman–Crippen LogP) is 0.838. The van der Waals surface area contributed by atoms with Crippen molar-refractivity contribution in [1.82, 2.24) is 0 Å². The van der Waals surface area contributed by atoms with Crippen LogP contribution in [0, 0.1) is 0 Å². The highest BCUT2D eigenvalue weighted by Crippen LogP contribution is 2.13. The summed E-state index contributed by atoms with van der Waals surface area (Å²) >= 11 is 3.13. The summed E-state index contributed by atoms with van der Waals surface area (Å²) in [6, 6.07) is 5.70. The average molecular weight is 295 g/mol. The van der Waals surface area contributed by atoms with E-state index in [1.54, 1.807) is 0 Å². The van der Waals surface area contributed by atoms with E-state index in [2.05, 4.69) is 15.9 Å². The summed E-state index contributed by atoms with van der Waals surface area (Å²) in [7, 11) is -4.77. The minimum Gasteiger partial charge on any atom is -0.369 e. The summed E-state index contributed by atoms with van der Waals surface area (Å²) in [6.07, 6.45) is 0. The average Bonchev–Trinajstić information content (AvgIpc) is 2.15. The normalized spacial score (nSPS) is 13.5. The molecule has 0 aliphatic heterocycles. The smallest absolute Gasteiger partial charge is 0.299 e. The Morgan fingerprint density at radius 3 is 2.13 bits per heavy atom. The largest absolute Gasteiger partial charge is 0.369 e. The van der Waals surface area contributed by atoms with Crippen LogP contribution < -0.4 is 0 Å². The van der Waals surface area contributed by atoms with Gasteiger partial charge in [-0.25, -0.2) is 0 Å². The van der Waals surface area contributed by atoms with Crippen LogP contribution >= 0.6 is 15.9 Å². The lowest BCUT2D eigenvalue weighted by molar-refractivity contribution is 0.0848. The van der Waals surface area contributed by atoms with Gasteiger partial charge in [-0.05, 0) is 12.1 Å². The monoisotopic (exact) mass is 294 g/mol. The second-order valence-electron chi connectivity index (χ2n) is 2.74. The molecule has 15 heavy (non-hydrogen) atoms. The van der Waals surface area contributed by atoms with Crippen molar-refractivity contribution in [2.24, 2.45) is 0 Å². The van der Waals surface area contributed by atoms with Crippen LogP contribution in [0.4, 0.5) is 0 Å². The van der Waals surface area contributed by atoms with Gasteiger partial charge in [0, 0.05) is 10.0 Å². The molecular formula is C8H7BrO5S. The van der Waals surface area contributed by atoms with Gasteiger partial charge in [-0.15, -0.1) is 0 Å². The van der Waals surface area contributed by atoms with Crippen LogP contribution in [-0.2, 0) is 10.1 Å². The molecule has 0 amide bonds. The molecule has 0 bridgehead atoms. The molecule has 5 nitrogen and oxygen atoms in total.